The van der Waals surface area contributed by atoms with E-state index in [1.54, 1.807) is 24.3 Å². The summed E-state index contributed by atoms with van der Waals surface area (Å²) < 4.78 is 48.3. The molecule has 0 N–H and O–H groups in total. The number of esters is 1. The standard InChI is InChI=1S/C16H15F3N2O4S/c1-9-13(20-15(26-9)16(17,18)19)25-8-10-6-4-5-7-11(10)12(21-24-3)14(22)23-2/h4-7H,8H2,1-3H3/b21-12+. The first-order valence-electron chi connectivity index (χ1n) is 7.23. The van der Waals surface area contributed by atoms with Crippen LogP contribution in [0.3, 0.4) is 0 Å². The number of carbonyl (C=O) groups excluding carboxylic acids is 1. The minimum Gasteiger partial charge on any atom is -0.472 e. The Balaban J connectivity index is 2.28. The summed E-state index contributed by atoms with van der Waals surface area (Å²) in [6.07, 6.45) is -4.53. The van der Waals surface area contributed by atoms with E-state index in [9.17, 15) is 18.0 Å². The zero-order chi connectivity index (χ0) is 19.3. The molecule has 0 aliphatic rings. The Labute approximate surface area is 151 Å². The molecule has 0 amide bonds. The molecule has 1 aromatic heterocycles. The molecule has 0 spiro atoms. The maximum atomic E-state index is 12.7. The number of thiazole rings is 1. The van der Waals surface area contributed by atoms with E-state index in [4.69, 9.17) is 4.74 Å². The monoisotopic (exact) mass is 388 g/mol. The molecule has 0 aliphatic carbocycles. The maximum absolute atomic E-state index is 12.7. The van der Waals surface area contributed by atoms with Gasteiger partial charge in [0.15, 0.2) is 5.71 Å². The van der Waals surface area contributed by atoms with Crippen LogP contribution in [0.2, 0.25) is 0 Å². The van der Waals surface area contributed by atoms with Crippen molar-refractivity contribution in [1.29, 1.82) is 0 Å². The van der Waals surface area contributed by atoms with Crippen molar-refractivity contribution in [1.82, 2.24) is 4.98 Å². The van der Waals surface area contributed by atoms with Crippen molar-refractivity contribution < 1.29 is 32.3 Å². The zero-order valence-corrected chi connectivity index (χ0v) is 14.9. The van der Waals surface area contributed by atoms with E-state index in [2.05, 4.69) is 19.7 Å². The van der Waals surface area contributed by atoms with Gasteiger partial charge >= 0.3 is 12.1 Å². The summed E-state index contributed by atoms with van der Waals surface area (Å²) in [5.41, 5.74) is 0.806. The highest BCUT2D eigenvalue weighted by molar-refractivity contribution is 7.11. The zero-order valence-electron chi connectivity index (χ0n) is 14.1. The maximum Gasteiger partial charge on any atom is 0.443 e. The quantitative estimate of drug-likeness (QED) is 0.430. The van der Waals surface area contributed by atoms with Gasteiger partial charge in [-0.2, -0.15) is 18.2 Å². The molecule has 26 heavy (non-hydrogen) atoms. The van der Waals surface area contributed by atoms with Crippen molar-refractivity contribution in [2.24, 2.45) is 5.16 Å². The number of nitrogens with zero attached hydrogens (tertiary/aromatic N) is 2. The number of aromatic nitrogens is 1. The molecule has 0 atom stereocenters. The van der Waals surface area contributed by atoms with E-state index < -0.39 is 17.2 Å². The van der Waals surface area contributed by atoms with E-state index in [1.807, 2.05) is 0 Å². The van der Waals surface area contributed by atoms with Crippen molar-refractivity contribution in [3.05, 3.63) is 45.3 Å². The second kappa shape index (κ2) is 8.17. The van der Waals surface area contributed by atoms with Gasteiger partial charge in [-0.05, 0) is 12.5 Å². The predicted octanol–water partition coefficient (Wildman–Crippen LogP) is 3.57. The van der Waals surface area contributed by atoms with Crippen LogP contribution in [-0.4, -0.2) is 30.9 Å². The molecule has 2 rings (SSSR count). The van der Waals surface area contributed by atoms with Gasteiger partial charge in [-0.25, -0.2) is 4.79 Å². The highest BCUT2D eigenvalue weighted by Gasteiger charge is 2.36. The van der Waals surface area contributed by atoms with Crippen molar-refractivity contribution in [2.45, 2.75) is 19.7 Å². The minimum absolute atomic E-state index is 0.0832. The van der Waals surface area contributed by atoms with Gasteiger partial charge in [-0.1, -0.05) is 29.4 Å². The molecule has 0 unspecified atom stereocenters. The van der Waals surface area contributed by atoms with Gasteiger partial charge < -0.3 is 14.3 Å². The molecule has 0 saturated carbocycles. The third-order valence-electron chi connectivity index (χ3n) is 3.19. The van der Waals surface area contributed by atoms with Gasteiger partial charge in [0.05, 0.1) is 12.0 Å². The molecule has 1 heterocycles. The fraction of sp³-hybridized carbons (Fsp3) is 0.312. The van der Waals surface area contributed by atoms with E-state index in [0.717, 1.165) is 0 Å². The predicted molar refractivity (Wildman–Crippen MR) is 88.2 cm³/mol. The number of hydrogen-bond acceptors (Lipinski definition) is 7. The lowest BCUT2D eigenvalue weighted by molar-refractivity contribution is -0.138. The summed E-state index contributed by atoms with van der Waals surface area (Å²) in [6, 6.07) is 6.61. The average Bonchev–Trinajstić information content (AvgIpc) is 2.99. The second-order valence-electron chi connectivity index (χ2n) is 4.94. The molecule has 0 saturated heterocycles. The Kier molecular flexibility index (Phi) is 6.19. The first-order valence-corrected chi connectivity index (χ1v) is 8.04. The molecule has 0 bridgehead atoms. The fourth-order valence-corrected chi connectivity index (χ4v) is 2.77. The number of methoxy groups -OCH3 is 1. The molecular formula is C16H15F3N2O4S. The van der Waals surface area contributed by atoms with Crippen LogP contribution in [-0.2, 0) is 27.2 Å². The van der Waals surface area contributed by atoms with Gasteiger partial charge in [0.2, 0.25) is 10.9 Å². The first-order chi connectivity index (χ1) is 12.3. The number of aryl methyl sites for hydroxylation is 1. The summed E-state index contributed by atoms with van der Waals surface area (Å²) in [6.45, 7) is 1.37. The molecule has 10 heteroatoms. The van der Waals surface area contributed by atoms with E-state index in [1.165, 1.54) is 21.1 Å². The number of oxime groups is 1. The topological polar surface area (TPSA) is 70.0 Å². The molecule has 140 valence electrons. The van der Waals surface area contributed by atoms with Crippen LogP contribution < -0.4 is 4.74 Å². The SMILES string of the molecule is CO/N=C(/C(=O)OC)c1ccccc1COc1nc(C(F)(F)F)sc1C. The largest absolute Gasteiger partial charge is 0.472 e. The van der Waals surface area contributed by atoms with Gasteiger partial charge in [-0.3, -0.25) is 0 Å². The molecule has 0 radical (unpaired) electrons. The van der Waals surface area contributed by atoms with Gasteiger partial charge in [0.1, 0.15) is 13.7 Å². The first kappa shape index (κ1) is 19.7. The number of ether oxygens (including phenoxy) is 2. The smallest absolute Gasteiger partial charge is 0.443 e. The van der Waals surface area contributed by atoms with Gasteiger partial charge in [0.25, 0.3) is 0 Å². The van der Waals surface area contributed by atoms with Crippen LogP contribution in [0.1, 0.15) is 21.0 Å². The number of benzene rings is 1. The van der Waals surface area contributed by atoms with E-state index in [0.29, 0.717) is 27.3 Å². The third-order valence-corrected chi connectivity index (χ3v) is 4.19. The summed E-state index contributed by atoms with van der Waals surface area (Å²) in [5.74, 6) is -0.830. The normalized spacial score (nSPS) is 12.0. The average molecular weight is 388 g/mol. The molecule has 1 aromatic carbocycles. The lowest BCUT2D eigenvalue weighted by Gasteiger charge is -2.11. The summed E-state index contributed by atoms with van der Waals surface area (Å²) in [4.78, 5) is 20.3. The number of alkyl halides is 3. The summed E-state index contributed by atoms with van der Waals surface area (Å²) >= 11 is 0.505. The number of rotatable bonds is 6. The Hall–Kier alpha value is -2.62. The summed E-state index contributed by atoms with van der Waals surface area (Å²) in [5, 5.41) is 2.68. The van der Waals surface area contributed by atoms with Crippen LogP contribution in [0.15, 0.2) is 29.4 Å². The molecule has 2 aromatic rings. The molecular weight excluding hydrogens is 373 g/mol. The minimum atomic E-state index is -4.53. The highest BCUT2D eigenvalue weighted by atomic mass is 32.1. The van der Waals surface area contributed by atoms with E-state index in [-0.39, 0.29) is 18.2 Å². The third kappa shape index (κ3) is 4.51. The van der Waals surface area contributed by atoms with Crippen LogP contribution in [0, 0.1) is 6.92 Å². The molecule has 0 aliphatic heterocycles. The lowest BCUT2D eigenvalue weighted by atomic mass is 10.0. The van der Waals surface area contributed by atoms with Crippen LogP contribution in [0.4, 0.5) is 13.2 Å². The summed E-state index contributed by atoms with van der Waals surface area (Å²) in [7, 11) is 2.48. The van der Waals surface area contributed by atoms with Crippen molar-refractivity contribution >= 4 is 23.0 Å². The Morgan fingerprint density at radius 3 is 2.54 bits per heavy atom. The van der Waals surface area contributed by atoms with Crippen molar-refractivity contribution in [3.63, 3.8) is 0 Å². The lowest BCUT2D eigenvalue weighted by Crippen LogP contribution is -2.19. The van der Waals surface area contributed by atoms with Crippen molar-refractivity contribution in [2.75, 3.05) is 14.2 Å². The van der Waals surface area contributed by atoms with Crippen LogP contribution in [0.5, 0.6) is 5.88 Å². The van der Waals surface area contributed by atoms with Crippen LogP contribution in [0.25, 0.3) is 0 Å². The fourth-order valence-electron chi connectivity index (χ4n) is 2.05. The molecule has 0 fully saturated rings. The van der Waals surface area contributed by atoms with Gasteiger partial charge in [-0.15, -0.1) is 11.3 Å². The molecule has 6 nitrogen and oxygen atoms in total. The number of carbonyl (C=O) groups is 1. The number of halogens is 3. The second-order valence-corrected chi connectivity index (χ2v) is 6.14. The van der Waals surface area contributed by atoms with Gasteiger partial charge in [0, 0.05) is 5.56 Å². The Bertz CT molecular complexity index is 818. The number of hydrogen-bond donors (Lipinski definition) is 0. The Morgan fingerprint density at radius 1 is 1.27 bits per heavy atom. The van der Waals surface area contributed by atoms with E-state index >= 15 is 0 Å². The van der Waals surface area contributed by atoms with Crippen molar-refractivity contribution in [3.8, 4) is 5.88 Å². The Morgan fingerprint density at radius 2 is 1.96 bits per heavy atom. The van der Waals surface area contributed by atoms with Crippen LogP contribution >= 0.6 is 11.3 Å². The highest BCUT2D eigenvalue weighted by Crippen LogP contribution is 2.36.